The first-order chi connectivity index (χ1) is 19.1. The molecule has 2 heterocycles. The standard InChI is InChI=1S/C32H26ClN3O2S/c33-29-18-24(35-31(37)27-12-6-5-11-26(27)22-8-2-1-3-9-22)14-15-28(29)32(38)36-16-17-39-21-25(36)20-34-19-23-10-4-7-13-30(23)36/h1-9,11-15,18-20,34H,10,16-17,21H2/p+1/t36-/m1/s1. The largest absolute Gasteiger partial charge is 0.363 e. The molecule has 0 saturated carbocycles. The number of carbonyl (C=O) groups excluding carboxylic acids is 2. The van der Waals surface area contributed by atoms with Crippen LogP contribution in [0.4, 0.5) is 5.69 Å². The topological polar surface area (TPSA) is 58.2 Å². The number of carbonyl (C=O) groups is 2. The van der Waals surface area contributed by atoms with Gasteiger partial charge in [-0.3, -0.25) is 4.79 Å². The van der Waals surface area contributed by atoms with Crippen LogP contribution in [0.25, 0.3) is 11.1 Å². The quantitative estimate of drug-likeness (QED) is 0.338. The van der Waals surface area contributed by atoms with Gasteiger partial charge >= 0.3 is 5.91 Å². The lowest BCUT2D eigenvalue weighted by Crippen LogP contribution is -2.55. The average Bonchev–Trinajstić information content (AvgIpc) is 3.15. The van der Waals surface area contributed by atoms with E-state index in [4.69, 9.17) is 11.6 Å². The van der Waals surface area contributed by atoms with E-state index in [1.807, 2.05) is 78.8 Å². The van der Waals surface area contributed by atoms with Gasteiger partial charge in [-0.05, 0) is 41.8 Å². The number of quaternary nitrogens is 1. The van der Waals surface area contributed by atoms with Crippen molar-refractivity contribution in [3.63, 3.8) is 0 Å². The number of allylic oxidation sites excluding steroid dienone is 4. The van der Waals surface area contributed by atoms with Crippen LogP contribution < -0.4 is 10.6 Å². The van der Waals surface area contributed by atoms with Crippen LogP contribution in [0.5, 0.6) is 0 Å². The number of amides is 2. The zero-order valence-corrected chi connectivity index (χ0v) is 22.8. The summed E-state index contributed by atoms with van der Waals surface area (Å²) in [4.78, 5) is 27.7. The van der Waals surface area contributed by atoms with Gasteiger partial charge in [0, 0.05) is 34.9 Å². The molecule has 3 aromatic rings. The molecule has 194 valence electrons. The number of hydrogen-bond donors (Lipinski definition) is 2. The minimum absolute atomic E-state index is 0.0602. The van der Waals surface area contributed by atoms with Gasteiger partial charge in [0.1, 0.15) is 12.2 Å². The van der Waals surface area contributed by atoms with E-state index in [1.54, 1.807) is 24.3 Å². The Morgan fingerprint density at radius 1 is 0.949 bits per heavy atom. The number of thioether (sulfide) groups is 1. The van der Waals surface area contributed by atoms with Crippen molar-refractivity contribution in [3.8, 4) is 11.1 Å². The lowest BCUT2D eigenvalue weighted by Gasteiger charge is -2.41. The Kier molecular flexibility index (Phi) is 7.00. The van der Waals surface area contributed by atoms with E-state index in [0.717, 1.165) is 46.0 Å². The monoisotopic (exact) mass is 552 g/mol. The molecule has 1 atom stereocenters. The normalized spacial score (nSPS) is 19.8. The summed E-state index contributed by atoms with van der Waals surface area (Å²) >= 11 is 8.60. The van der Waals surface area contributed by atoms with Gasteiger partial charge < -0.3 is 10.6 Å². The highest BCUT2D eigenvalue weighted by atomic mass is 35.5. The second-order valence-corrected chi connectivity index (χ2v) is 11.1. The van der Waals surface area contributed by atoms with Crippen molar-refractivity contribution >= 4 is 40.9 Å². The SMILES string of the molecule is O=C(Nc1ccc(C(=O)[N@+]23CCSCC2=CNC=C2CC=CC=C23)c(Cl)c1)c1ccccc1-c1ccccc1. The Morgan fingerprint density at radius 2 is 1.77 bits per heavy atom. The van der Waals surface area contributed by atoms with Crippen LogP contribution in [-0.2, 0) is 0 Å². The van der Waals surface area contributed by atoms with Crippen molar-refractivity contribution in [1.29, 1.82) is 0 Å². The third kappa shape index (κ3) is 4.65. The van der Waals surface area contributed by atoms with Crippen LogP contribution >= 0.6 is 23.4 Å². The highest BCUT2D eigenvalue weighted by Crippen LogP contribution is 2.42. The molecule has 3 aliphatic rings. The first-order valence-electron chi connectivity index (χ1n) is 12.9. The Balaban J connectivity index is 1.31. The summed E-state index contributed by atoms with van der Waals surface area (Å²) in [5.74, 6) is 1.32. The van der Waals surface area contributed by atoms with E-state index in [2.05, 4.69) is 22.8 Å². The molecule has 6 rings (SSSR count). The minimum atomic E-state index is -0.239. The highest BCUT2D eigenvalue weighted by Gasteiger charge is 2.50. The number of halogens is 1. The van der Waals surface area contributed by atoms with E-state index in [0.29, 0.717) is 28.4 Å². The van der Waals surface area contributed by atoms with Crippen LogP contribution in [-0.4, -0.2) is 34.3 Å². The van der Waals surface area contributed by atoms with Gasteiger partial charge in [-0.2, -0.15) is 4.48 Å². The Hall–Kier alpha value is -3.84. The maximum Gasteiger partial charge on any atom is 0.357 e. The van der Waals surface area contributed by atoms with E-state index < -0.39 is 0 Å². The van der Waals surface area contributed by atoms with Crippen molar-refractivity contribution in [2.45, 2.75) is 6.42 Å². The van der Waals surface area contributed by atoms with E-state index in [1.165, 1.54) is 0 Å². The Morgan fingerprint density at radius 3 is 2.62 bits per heavy atom. The summed E-state index contributed by atoms with van der Waals surface area (Å²) in [6, 6.07) is 22.5. The maximum absolute atomic E-state index is 14.4. The fraction of sp³-hybridized carbons (Fsp3) is 0.125. The first-order valence-corrected chi connectivity index (χ1v) is 14.4. The van der Waals surface area contributed by atoms with E-state index >= 15 is 0 Å². The number of hydrogen-bond acceptors (Lipinski definition) is 4. The summed E-state index contributed by atoms with van der Waals surface area (Å²) in [5, 5.41) is 6.58. The lowest BCUT2D eigenvalue weighted by atomic mass is 9.98. The molecule has 0 spiro atoms. The number of anilines is 1. The van der Waals surface area contributed by atoms with Crippen LogP contribution in [0.15, 0.2) is 120 Å². The van der Waals surface area contributed by atoms with Gasteiger partial charge in [-0.15, -0.1) is 11.8 Å². The minimum Gasteiger partial charge on any atom is -0.363 e. The van der Waals surface area contributed by atoms with E-state index in [9.17, 15) is 9.59 Å². The second kappa shape index (κ2) is 10.7. The van der Waals surface area contributed by atoms with Gasteiger partial charge in [0.25, 0.3) is 5.91 Å². The molecule has 0 unspecified atom stereocenters. The molecular formula is C32H27ClN3O2S+. The molecule has 2 aliphatic heterocycles. The number of fused-ring (bicyclic) bond motifs is 3. The zero-order valence-electron chi connectivity index (χ0n) is 21.2. The third-order valence-electron chi connectivity index (χ3n) is 7.35. The smallest absolute Gasteiger partial charge is 0.357 e. The summed E-state index contributed by atoms with van der Waals surface area (Å²) in [5.41, 5.74) is 6.45. The van der Waals surface area contributed by atoms with Gasteiger partial charge in [-0.25, -0.2) is 4.79 Å². The van der Waals surface area contributed by atoms with Gasteiger partial charge in [0.15, 0.2) is 5.70 Å². The molecular weight excluding hydrogens is 526 g/mol. The van der Waals surface area contributed by atoms with Crippen LogP contribution in [0.1, 0.15) is 27.1 Å². The number of rotatable bonds is 4. The van der Waals surface area contributed by atoms with Crippen LogP contribution in [0.3, 0.4) is 0 Å². The summed E-state index contributed by atoms with van der Waals surface area (Å²) in [7, 11) is 0. The highest BCUT2D eigenvalue weighted by molar-refractivity contribution is 7.99. The van der Waals surface area contributed by atoms with Crippen LogP contribution in [0.2, 0.25) is 5.02 Å². The zero-order chi connectivity index (χ0) is 26.8. The van der Waals surface area contributed by atoms with Crippen LogP contribution in [0, 0.1) is 0 Å². The molecule has 39 heavy (non-hydrogen) atoms. The van der Waals surface area contributed by atoms with Crippen molar-refractivity contribution in [2.75, 3.05) is 23.4 Å². The summed E-state index contributed by atoms with van der Waals surface area (Å²) < 4.78 is 0.131. The number of nitrogens with one attached hydrogen (secondary N) is 2. The Labute approximate surface area is 237 Å². The predicted molar refractivity (Wildman–Crippen MR) is 159 cm³/mol. The van der Waals surface area contributed by atoms with Crippen molar-refractivity contribution in [2.24, 2.45) is 0 Å². The molecule has 2 N–H and O–H groups in total. The molecule has 1 saturated heterocycles. The average molecular weight is 553 g/mol. The van der Waals surface area contributed by atoms with Crippen molar-refractivity contribution < 1.29 is 14.1 Å². The molecule has 1 fully saturated rings. The fourth-order valence-electron chi connectivity index (χ4n) is 5.43. The number of benzene rings is 3. The molecule has 0 bridgehead atoms. The molecule has 0 radical (unpaired) electrons. The Bertz CT molecular complexity index is 1590. The van der Waals surface area contributed by atoms with E-state index in [-0.39, 0.29) is 16.3 Å². The predicted octanol–water partition coefficient (Wildman–Crippen LogP) is 7.14. The maximum atomic E-state index is 14.4. The molecule has 5 nitrogen and oxygen atoms in total. The van der Waals surface area contributed by atoms with Gasteiger partial charge in [-0.1, -0.05) is 72.3 Å². The molecule has 3 aromatic carbocycles. The summed E-state index contributed by atoms with van der Waals surface area (Å²) in [6.45, 7) is 0.652. The third-order valence-corrected chi connectivity index (χ3v) is 8.63. The molecule has 1 aliphatic carbocycles. The number of nitrogens with zero attached hydrogens (tertiary/aromatic N) is 1. The lowest BCUT2D eigenvalue weighted by molar-refractivity contribution is -0.766. The fourth-order valence-corrected chi connectivity index (χ4v) is 6.75. The molecule has 0 aromatic heterocycles. The summed E-state index contributed by atoms with van der Waals surface area (Å²) in [6.07, 6.45) is 10.9. The van der Waals surface area contributed by atoms with Gasteiger partial charge in [0.2, 0.25) is 0 Å². The van der Waals surface area contributed by atoms with Gasteiger partial charge in [0.05, 0.1) is 22.5 Å². The van der Waals surface area contributed by atoms with Crippen molar-refractivity contribution in [3.05, 3.63) is 137 Å². The van der Waals surface area contributed by atoms with Crippen molar-refractivity contribution in [1.82, 2.24) is 5.32 Å². The first kappa shape index (κ1) is 25.4. The second-order valence-electron chi connectivity index (χ2n) is 9.61. The molecule has 7 heteroatoms. The molecule has 2 amide bonds.